The first kappa shape index (κ1) is 11.7. The van der Waals surface area contributed by atoms with Crippen molar-refractivity contribution in [3.8, 4) is 5.69 Å². The second-order valence-corrected chi connectivity index (χ2v) is 4.16. The van der Waals surface area contributed by atoms with E-state index in [0.717, 1.165) is 5.56 Å². The molecule has 0 unspecified atom stereocenters. The molecule has 0 spiro atoms. The highest BCUT2D eigenvalue weighted by Crippen LogP contribution is 2.13. The van der Waals surface area contributed by atoms with Crippen molar-refractivity contribution < 1.29 is 4.39 Å². The van der Waals surface area contributed by atoms with E-state index in [1.807, 2.05) is 6.07 Å². The molecule has 1 heterocycles. The highest BCUT2D eigenvalue weighted by atomic mass is 19.1. The number of nitrogens with one attached hydrogen (secondary N) is 1. The fraction of sp³-hybridized carbons (Fsp3) is 0.333. The van der Waals surface area contributed by atoms with Crippen LogP contribution in [0.15, 0.2) is 30.9 Å². The van der Waals surface area contributed by atoms with Gasteiger partial charge in [0.1, 0.15) is 24.2 Å². The molecule has 0 atom stereocenters. The summed E-state index contributed by atoms with van der Waals surface area (Å²) in [5.74, 6) is -0.293. The maximum Gasteiger partial charge on any atom is 0.149 e. The Morgan fingerprint density at radius 3 is 2.82 bits per heavy atom. The minimum absolute atomic E-state index is 0.293. The van der Waals surface area contributed by atoms with E-state index in [0.29, 0.717) is 18.3 Å². The normalized spacial score (nSPS) is 11.1. The summed E-state index contributed by atoms with van der Waals surface area (Å²) in [6.45, 7) is 4.77. The lowest BCUT2D eigenvalue weighted by Crippen LogP contribution is -2.21. The minimum Gasteiger partial charge on any atom is -0.310 e. The lowest BCUT2D eigenvalue weighted by atomic mass is 10.2. The molecule has 1 aromatic heterocycles. The van der Waals surface area contributed by atoms with Crippen LogP contribution >= 0.6 is 0 Å². The van der Waals surface area contributed by atoms with Crippen molar-refractivity contribution in [2.45, 2.75) is 26.4 Å². The summed E-state index contributed by atoms with van der Waals surface area (Å²) in [4.78, 5) is 3.79. The Bertz CT molecular complexity index is 479. The quantitative estimate of drug-likeness (QED) is 0.878. The van der Waals surface area contributed by atoms with Gasteiger partial charge < -0.3 is 5.32 Å². The molecule has 0 saturated carbocycles. The predicted molar refractivity (Wildman–Crippen MR) is 63.3 cm³/mol. The van der Waals surface area contributed by atoms with Gasteiger partial charge in [0.2, 0.25) is 0 Å². The van der Waals surface area contributed by atoms with E-state index in [-0.39, 0.29) is 5.82 Å². The molecule has 2 aromatic rings. The maximum atomic E-state index is 13.8. The largest absolute Gasteiger partial charge is 0.310 e. The van der Waals surface area contributed by atoms with Crippen LogP contribution in [-0.2, 0) is 6.54 Å². The molecular weight excluding hydrogens is 219 g/mol. The SMILES string of the molecule is CC(C)NCc1ccc(-n2cncn2)c(F)c1. The van der Waals surface area contributed by atoms with Gasteiger partial charge >= 0.3 is 0 Å². The van der Waals surface area contributed by atoms with Crippen LogP contribution in [-0.4, -0.2) is 20.8 Å². The van der Waals surface area contributed by atoms with E-state index in [9.17, 15) is 4.39 Å². The summed E-state index contributed by atoms with van der Waals surface area (Å²) >= 11 is 0. The first-order valence-corrected chi connectivity index (χ1v) is 5.53. The highest BCUT2D eigenvalue weighted by Gasteiger charge is 2.06. The third-order valence-corrected chi connectivity index (χ3v) is 2.39. The summed E-state index contributed by atoms with van der Waals surface area (Å²) in [5.41, 5.74) is 1.33. The van der Waals surface area contributed by atoms with Crippen molar-refractivity contribution in [1.82, 2.24) is 20.1 Å². The summed E-state index contributed by atoms with van der Waals surface area (Å²) in [6.07, 6.45) is 2.86. The lowest BCUT2D eigenvalue weighted by molar-refractivity contribution is 0.578. The average molecular weight is 234 g/mol. The van der Waals surface area contributed by atoms with E-state index in [4.69, 9.17) is 0 Å². The van der Waals surface area contributed by atoms with Crippen molar-refractivity contribution in [2.24, 2.45) is 0 Å². The Hall–Kier alpha value is -1.75. The van der Waals surface area contributed by atoms with Crippen molar-refractivity contribution in [3.05, 3.63) is 42.2 Å². The van der Waals surface area contributed by atoms with Gasteiger partial charge in [-0.1, -0.05) is 19.9 Å². The van der Waals surface area contributed by atoms with E-state index in [1.165, 1.54) is 23.4 Å². The minimum atomic E-state index is -0.293. The van der Waals surface area contributed by atoms with E-state index in [1.54, 1.807) is 6.07 Å². The third-order valence-electron chi connectivity index (χ3n) is 2.39. The number of rotatable bonds is 4. The average Bonchev–Trinajstić information content (AvgIpc) is 2.79. The van der Waals surface area contributed by atoms with Crippen molar-refractivity contribution in [1.29, 1.82) is 0 Å². The topological polar surface area (TPSA) is 42.7 Å². The number of aromatic nitrogens is 3. The van der Waals surface area contributed by atoms with Gasteiger partial charge in [0.05, 0.1) is 0 Å². The van der Waals surface area contributed by atoms with Crippen LogP contribution < -0.4 is 5.32 Å². The Balaban J connectivity index is 2.17. The molecule has 0 amide bonds. The molecule has 1 N–H and O–H groups in total. The van der Waals surface area contributed by atoms with E-state index in [2.05, 4.69) is 29.2 Å². The standard InChI is InChI=1S/C12H15FN4/c1-9(2)15-6-10-3-4-12(11(13)5-10)17-8-14-7-16-17/h3-5,7-9,15H,6H2,1-2H3. The maximum absolute atomic E-state index is 13.8. The molecule has 0 radical (unpaired) electrons. The zero-order valence-corrected chi connectivity index (χ0v) is 9.89. The summed E-state index contributed by atoms with van der Waals surface area (Å²) in [6, 6.07) is 5.50. The van der Waals surface area contributed by atoms with Crippen LogP contribution in [0.5, 0.6) is 0 Å². The summed E-state index contributed by atoms with van der Waals surface area (Å²) < 4.78 is 15.2. The second kappa shape index (κ2) is 5.05. The van der Waals surface area contributed by atoms with E-state index >= 15 is 0 Å². The van der Waals surface area contributed by atoms with Gasteiger partial charge in [-0.25, -0.2) is 14.1 Å². The Kier molecular flexibility index (Phi) is 3.49. The van der Waals surface area contributed by atoms with Crippen LogP contribution in [0.2, 0.25) is 0 Å². The smallest absolute Gasteiger partial charge is 0.149 e. The zero-order chi connectivity index (χ0) is 12.3. The number of hydrogen-bond donors (Lipinski definition) is 1. The van der Waals surface area contributed by atoms with Crippen LogP contribution in [0.4, 0.5) is 4.39 Å². The van der Waals surface area contributed by atoms with Gasteiger partial charge in [-0.15, -0.1) is 0 Å². The zero-order valence-electron chi connectivity index (χ0n) is 9.89. The Labute approximate surface area is 99.5 Å². The Morgan fingerprint density at radius 2 is 2.24 bits per heavy atom. The lowest BCUT2D eigenvalue weighted by Gasteiger charge is -2.09. The van der Waals surface area contributed by atoms with Crippen LogP contribution in [0.1, 0.15) is 19.4 Å². The fourth-order valence-corrected chi connectivity index (χ4v) is 1.50. The first-order valence-electron chi connectivity index (χ1n) is 5.53. The van der Waals surface area contributed by atoms with Crippen molar-refractivity contribution in [2.75, 3.05) is 0 Å². The number of benzene rings is 1. The second-order valence-electron chi connectivity index (χ2n) is 4.16. The molecule has 90 valence electrons. The van der Waals surface area contributed by atoms with E-state index < -0.39 is 0 Å². The molecule has 4 nitrogen and oxygen atoms in total. The number of hydrogen-bond acceptors (Lipinski definition) is 3. The summed E-state index contributed by atoms with van der Waals surface area (Å²) in [7, 11) is 0. The van der Waals surface area contributed by atoms with Crippen molar-refractivity contribution >= 4 is 0 Å². The van der Waals surface area contributed by atoms with Gasteiger partial charge in [-0.2, -0.15) is 5.10 Å². The van der Waals surface area contributed by atoms with Gasteiger partial charge in [-0.05, 0) is 17.7 Å². The molecule has 0 aliphatic carbocycles. The molecule has 1 aromatic carbocycles. The van der Waals surface area contributed by atoms with Crippen LogP contribution in [0, 0.1) is 5.82 Å². The van der Waals surface area contributed by atoms with Crippen LogP contribution in [0.3, 0.4) is 0 Å². The van der Waals surface area contributed by atoms with Crippen LogP contribution in [0.25, 0.3) is 5.69 Å². The fourth-order valence-electron chi connectivity index (χ4n) is 1.50. The molecule has 0 aliphatic rings. The molecule has 0 fully saturated rings. The predicted octanol–water partition coefficient (Wildman–Crippen LogP) is 1.90. The van der Waals surface area contributed by atoms with Gasteiger partial charge in [-0.3, -0.25) is 0 Å². The van der Waals surface area contributed by atoms with Crippen molar-refractivity contribution in [3.63, 3.8) is 0 Å². The third kappa shape index (κ3) is 2.88. The van der Waals surface area contributed by atoms with Gasteiger partial charge in [0.25, 0.3) is 0 Å². The number of nitrogens with zero attached hydrogens (tertiary/aromatic N) is 3. The monoisotopic (exact) mass is 234 g/mol. The Morgan fingerprint density at radius 1 is 1.41 bits per heavy atom. The molecular formula is C12H15FN4. The summed E-state index contributed by atoms with van der Waals surface area (Å²) in [5, 5.41) is 7.14. The molecule has 0 saturated heterocycles. The first-order chi connectivity index (χ1) is 8.16. The highest BCUT2D eigenvalue weighted by molar-refractivity contribution is 5.35. The molecule has 0 aliphatic heterocycles. The van der Waals surface area contributed by atoms with Gasteiger partial charge in [0.15, 0.2) is 0 Å². The molecule has 2 rings (SSSR count). The number of halogens is 1. The molecule has 5 heteroatoms. The molecule has 0 bridgehead atoms. The van der Waals surface area contributed by atoms with Gasteiger partial charge in [0, 0.05) is 12.6 Å². The molecule has 17 heavy (non-hydrogen) atoms.